The van der Waals surface area contributed by atoms with E-state index in [4.69, 9.17) is 0 Å². The van der Waals surface area contributed by atoms with Crippen LogP contribution in [-0.4, -0.2) is 0 Å². The molecule has 1 heterocycles. The molecule has 0 aliphatic heterocycles. The van der Waals surface area contributed by atoms with Crippen molar-refractivity contribution in [3.63, 3.8) is 0 Å². The Morgan fingerprint density at radius 3 is 2.47 bits per heavy atom. The van der Waals surface area contributed by atoms with Gasteiger partial charge in [0.2, 0.25) is 0 Å². The van der Waals surface area contributed by atoms with Crippen molar-refractivity contribution < 1.29 is 4.39 Å². The monoisotopic (exact) mass is 244 g/mol. The summed E-state index contributed by atoms with van der Waals surface area (Å²) in [4.78, 5) is 0. The molecule has 2 aromatic rings. The number of halogens is 1. The van der Waals surface area contributed by atoms with Crippen LogP contribution in [0.3, 0.4) is 0 Å². The van der Waals surface area contributed by atoms with Gasteiger partial charge in [-0.05, 0) is 52.1 Å². The Morgan fingerprint density at radius 1 is 1.18 bits per heavy atom. The fourth-order valence-corrected chi connectivity index (χ4v) is 3.08. The summed E-state index contributed by atoms with van der Waals surface area (Å²) in [7, 11) is 0. The highest BCUT2D eigenvalue weighted by Crippen LogP contribution is 2.46. The van der Waals surface area contributed by atoms with Crippen molar-refractivity contribution in [3.05, 3.63) is 64.1 Å². The minimum Gasteiger partial charge on any atom is -0.207 e. The van der Waals surface area contributed by atoms with Gasteiger partial charge in [0.15, 0.2) is 0 Å². The van der Waals surface area contributed by atoms with E-state index in [1.165, 1.54) is 28.8 Å². The van der Waals surface area contributed by atoms with E-state index in [0.717, 1.165) is 6.42 Å². The number of thiophene rings is 1. The summed E-state index contributed by atoms with van der Waals surface area (Å²) in [5.74, 6) is -0.168. The lowest BCUT2D eigenvalue weighted by molar-refractivity contribution is 0.566. The highest BCUT2D eigenvalue weighted by molar-refractivity contribution is 7.08. The SMILES string of the molecule is C[C@]1(c2ccc(F)cc2)C=C(c2ccsc2)C1. The molecule has 0 saturated carbocycles. The Balaban J connectivity index is 1.89. The summed E-state index contributed by atoms with van der Waals surface area (Å²) in [5.41, 5.74) is 4.00. The molecule has 0 N–H and O–H groups in total. The molecule has 3 rings (SSSR count). The molecule has 0 radical (unpaired) electrons. The van der Waals surface area contributed by atoms with Crippen molar-refractivity contribution in [3.8, 4) is 0 Å². The molecule has 0 amide bonds. The van der Waals surface area contributed by atoms with Crippen LogP contribution in [0, 0.1) is 5.82 Å². The maximum atomic E-state index is 12.9. The Kier molecular flexibility index (Phi) is 2.40. The van der Waals surface area contributed by atoms with Gasteiger partial charge in [-0.15, -0.1) is 0 Å². The van der Waals surface area contributed by atoms with E-state index in [0.29, 0.717) is 0 Å². The molecule has 0 saturated heterocycles. The molecule has 86 valence electrons. The molecule has 0 nitrogen and oxygen atoms in total. The third-order valence-electron chi connectivity index (χ3n) is 3.45. The van der Waals surface area contributed by atoms with Gasteiger partial charge in [0.1, 0.15) is 5.82 Å². The van der Waals surface area contributed by atoms with Gasteiger partial charge in [0, 0.05) is 5.41 Å². The van der Waals surface area contributed by atoms with Crippen molar-refractivity contribution >= 4 is 16.9 Å². The molecular weight excluding hydrogens is 231 g/mol. The van der Waals surface area contributed by atoms with Crippen molar-refractivity contribution in [2.24, 2.45) is 0 Å². The van der Waals surface area contributed by atoms with Crippen LogP contribution >= 0.6 is 11.3 Å². The summed E-state index contributed by atoms with van der Waals surface area (Å²) in [6, 6.07) is 9.00. The molecule has 0 unspecified atom stereocenters. The Bertz CT molecular complexity index is 551. The van der Waals surface area contributed by atoms with Crippen LogP contribution in [0.2, 0.25) is 0 Å². The molecule has 1 aliphatic carbocycles. The average molecular weight is 244 g/mol. The van der Waals surface area contributed by atoms with E-state index in [9.17, 15) is 4.39 Å². The first-order valence-electron chi connectivity index (χ1n) is 5.68. The molecule has 0 fully saturated rings. The van der Waals surface area contributed by atoms with Crippen molar-refractivity contribution in [2.75, 3.05) is 0 Å². The molecule has 0 bridgehead atoms. The molecule has 0 spiro atoms. The van der Waals surface area contributed by atoms with Crippen LogP contribution in [0.15, 0.2) is 47.2 Å². The van der Waals surface area contributed by atoms with E-state index < -0.39 is 0 Å². The van der Waals surface area contributed by atoms with E-state index in [1.807, 2.05) is 12.1 Å². The van der Waals surface area contributed by atoms with Crippen molar-refractivity contribution in [1.82, 2.24) is 0 Å². The second-order valence-corrected chi connectivity index (χ2v) is 5.56. The fourth-order valence-electron chi connectivity index (χ4n) is 2.40. The van der Waals surface area contributed by atoms with Gasteiger partial charge in [-0.3, -0.25) is 0 Å². The van der Waals surface area contributed by atoms with Gasteiger partial charge < -0.3 is 0 Å². The lowest BCUT2D eigenvalue weighted by atomic mass is 9.67. The zero-order valence-electron chi connectivity index (χ0n) is 9.61. The topological polar surface area (TPSA) is 0 Å². The Morgan fingerprint density at radius 2 is 1.88 bits per heavy atom. The van der Waals surface area contributed by atoms with Crippen LogP contribution in [0.25, 0.3) is 5.57 Å². The smallest absolute Gasteiger partial charge is 0.123 e. The van der Waals surface area contributed by atoms with Gasteiger partial charge in [-0.1, -0.05) is 25.1 Å². The van der Waals surface area contributed by atoms with Crippen LogP contribution in [-0.2, 0) is 5.41 Å². The minimum atomic E-state index is -0.168. The molecule has 1 aromatic heterocycles. The van der Waals surface area contributed by atoms with Gasteiger partial charge in [-0.2, -0.15) is 11.3 Å². The first-order valence-corrected chi connectivity index (χ1v) is 6.62. The highest BCUT2D eigenvalue weighted by Gasteiger charge is 2.34. The summed E-state index contributed by atoms with van der Waals surface area (Å²) >= 11 is 1.72. The summed E-state index contributed by atoms with van der Waals surface area (Å²) in [6.07, 6.45) is 3.33. The Hall–Kier alpha value is -1.41. The second-order valence-electron chi connectivity index (χ2n) is 4.78. The second kappa shape index (κ2) is 3.81. The fraction of sp³-hybridized carbons (Fsp3) is 0.200. The molecular formula is C15H13FS. The van der Waals surface area contributed by atoms with Crippen LogP contribution in [0.1, 0.15) is 24.5 Å². The quantitative estimate of drug-likeness (QED) is 0.722. The maximum Gasteiger partial charge on any atom is 0.123 e. The minimum absolute atomic E-state index is 0.0744. The first-order chi connectivity index (χ1) is 8.17. The average Bonchev–Trinajstić information content (AvgIpc) is 2.79. The van der Waals surface area contributed by atoms with E-state index in [-0.39, 0.29) is 11.2 Å². The Labute approximate surface area is 104 Å². The third-order valence-corrected chi connectivity index (χ3v) is 4.13. The van der Waals surface area contributed by atoms with Crippen molar-refractivity contribution in [1.29, 1.82) is 0 Å². The molecule has 2 heteroatoms. The largest absolute Gasteiger partial charge is 0.207 e. The normalized spacial score (nSPS) is 23.1. The highest BCUT2D eigenvalue weighted by atomic mass is 32.1. The van der Waals surface area contributed by atoms with Crippen LogP contribution < -0.4 is 0 Å². The number of benzene rings is 1. The molecule has 1 atom stereocenters. The van der Waals surface area contributed by atoms with Crippen LogP contribution in [0.5, 0.6) is 0 Å². The maximum absolute atomic E-state index is 12.9. The summed E-state index contributed by atoms with van der Waals surface area (Å²) in [6.45, 7) is 2.20. The van der Waals surface area contributed by atoms with Gasteiger partial charge >= 0.3 is 0 Å². The molecule has 17 heavy (non-hydrogen) atoms. The molecule has 1 aliphatic rings. The number of allylic oxidation sites excluding steroid dienone is 2. The third kappa shape index (κ3) is 1.83. The predicted octanol–water partition coefficient (Wildman–Crippen LogP) is 4.63. The standard InChI is InChI=1S/C15H13FS/c1-15(13-2-4-14(16)5-3-13)8-12(9-15)11-6-7-17-10-11/h2-8,10H,9H2,1H3/t15-/m0/s1. The summed E-state index contributed by atoms with van der Waals surface area (Å²) < 4.78 is 12.9. The zero-order valence-corrected chi connectivity index (χ0v) is 10.4. The zero-order chi connectivity index (χ0) is 11.9. The van der Waals surface area contributed by atoms with Crippen LogP contribution in [0.4, 0.5) is 4.39 Å². The summed E-state index contributed by atoms with van der Waals surface area (Å²) in [5, 5.41) is 4.28. The van der Waals surface area contributed by atoms with Gasteiger partial charge in [-0.25, -0.2) is 4.39 Å². The first kappa shape index (κ1) is 10.7. The van der Waals surface area contributed by atoms with Gasteiger partial charge in [0.25, 0.3) is 0 Å². The van der Waals surface area contributed by atoms with Gasteiger partial charge in [0.05, 0.1) is 0 Å². The number of hydrogen-bond acceptors (Lipinski definition) is 1. The molecule has 1 aromatic carbocycles. The van der Waals surface area contributed by atoms with E-state index in [2.05, 4.69) is 29.8 Å². The van der Waals surface area contributed by atoms with Crippen molar-refractivity contribution in [2.45, 2.75) is 18.8 Å². The lowest BCUT2D eigenvalue weighted by Crippen LogP contribution is -2.27. The predicted molar refractivity (Wildman–Crippen MR) is 70.7 cm³/mol. The van der Waals surface area contributed by atoms with E-state index in [1.54, 1.807) is 11.3 Å². The lowest BCUT2D eigenvalue weighted by Gasteiger charge is -2.37. The number of hydrogen-bond donors (Lipinski definition) is 0. The van der Waals surface area contributed by atoms with E-state index >= 15 is 0 Å². The number of rotatable bonds is 2.